The highest BCUT2D eigenvalue weighted by molar-refractivity contribution is 5.98. The molecule has 14 nitrogen and oxygen atoms in total. The van der Waals surface area contributed by atoms with Crippen molar-refractivity contribution in [1.82, 2.24) is 30.1 Å². The van der Waals surface area contributed by atoms with Crippen molar-refractivity contribution < 1.29 is 38.5 Å². The lowest BCUT2D eigenvalue weighted by atomic mass is 9.70. The zero-order valence-corrected chi connectivity index (χ0v) is 31.5. The molecular weight excluding hydrogens is 704 g/mol. The summed E-state index contributed by atoms with van der Waals surface area (Å²) in [6.07, 6.45) is 6.03. The van der Waals surface area contributed by atoms with Gasteiger partial charge < -0.3 is 34.4 Å². The van der Waals surface area contributed by atoms with E-state index in [1.165, 1.54) is 7.11 Å². The molecule has 7 atom stereocenters. The quantitative estimate of drug-likeness (QED) is 0.0930. The third-order valence-corrected chi connectivity index (χ3v) is 11.0. The highest BCUT2D eigenvalue weighted by Gasteiger charge is 2.75. The summed E-state index contributed by atoms with van der Waals surface area (Å²) >= 11 is 0. The summed E-state index contributed by atoms with van der Waals surface area (Å²) in [5, 5.41) is 20.9. The van der Waals surface area contributed by atoms with Crippen molar-refractivity contribution in [1.29, 1.82) is 0 Å². The van der Waals surface area contributed by atoms with E-state index in [1.807, 2.05) is 54.6 Å². The number of likely N-dealkylation sites (tertiary alicyclic amines) is 1. The third-order valence-electron chi connectivity index (χ3n) is 11.0. The number of allylic oxidation sites excluding steroid dienone is 1. The molecule has 294 valence electrons. The molecule has 1 aromatic heterocycles. The first-order valence-electron chi connectivity index (χ1n) is 19.2. The summed E-state index contributed by atoms with van der Waals surface area (Å²) in [5.74, 6) is -3.46. The molecule has 6 rings (SSSR count). The maximum absolute atomic E-state index is 14.9. The van der Waals surface area contributed by atoms with E-state index >= 15 is 0 Å². The number of aliphatic hydroxyl groups excluding tert-OH is 1. The number of methoxy groups -OCH3 is 1. The van der Waals surface area contributed by atoms with Crippen LogP contribution < -0.4 is 5.32 Å². The van der Waals surface area contributed by atoms with E-state index in [-0.39, 0.29) is 57.1 Å². The summed E-state index contributed by atoms with van der Waals surface area (Å²) in [5.41, 5.74) is 0.826. The van der Waals surface area contributed by atoms with Crippen molar-refractivity contribution in [3.63, 3.8) is 0 Å². The van der Waals surface area contributed by atoms with Crippen LogP contribution >= 0.6 is 0 Å². The topological polar surface area (TPSA) is 165 Å². The summed E-state index contributed by atoms with van der Waals surface area (Å²) in [6.45, 7) is 8.26. The molecule has 3 aromatic rings. The Morgan fingerprint density at radius 1 is 1.09 bits per heavy atom. The first-order valence-corrected chi connectivity index (χ1v) is 19.2. The van der Waals surface area contributed by atoms with Crippen LogP contribution in [0.5, 0.6) is 0 Å². The number of aromatic nitrogens is 3. The number of hydrogen-bond acceptors (Lipinski definition) is 10. The first kappa shape index (κ1) is 39.8. The van der Waals surface area contributed by atoms with E-state index in [1.54, 1.807) is 26.6 Å². The summed E-state index contributed by atoms with van der Waals surface area (Å²) in [7, 11) is 1.51. The van der Waals surface area contributed by atoms with E-state index in [2.05, 4.69) is 28.8 Å². The number of unbranched alkanes of at least 4 members (excludes halogenated alkanes) is 3. The molecule has 0 unspecified atom stereocenters. The fourth-order valence-corrected chi connectivity index (χ4v) is 8.54. The molecule has 2 bridgehead atoms. The van der Waals surface area contributed by atoms with Gasteiger partial charge in [-0.1, -0.05) is 72.7 Å². The minimum Gasteiger partial charge on any atom is -0.455 e. The van der Waals surface area contributed by atoms with Crippen molar-refractivity contribution in [2.24, 2.45) is 11.8 Å². The highest BCUT2D eigenvalue weighted by Crippen LogP contribution is 2.59. The van der Waals surface area contributed by atoms with Gasteiger partial charge in [-0.2, -0.15) is 0 Å². The number of carbonyl (C=O) groups is 4. The molecule has 1 spiro atoms. The van der Waals surface area contributed by atoms with Gasteiger partial charge in [0.25, 0.3) is 0 Å². The van der Waals surface area contributed by atoms with Crippen LogP contribution in [0.2, 0.25) is 0 Å². The SMILES string of the molecule is C=CCCC(=O)N[C@@H](COC)[C@@H](OC(=O)[C@@H]1[C@H]2C(=O)N(CCCCCCO)[C@H](C(=O)N(CC=C)Cn3nnc4ccccc43)[C@]23CC[C@H]1O3)c1ccccc1. The molecule has 3 amide bonds. The maximum atomic E-state index is 14.9. The Kier molecular flexibility index (Phi) is 13.1. The number of fused-ring (bicyclic) bond motifs is 2. The Hall–Kier alpha value is -4.92. The van der Waals surface area contributed by atoms with Crippen molar-refractivity contribution in [2.75, 3.05) is 33.4 Å². The lowest BCUT2D eigenvalue weighted by molar-refractivity contribution is -0.163. The van der Waals surface area contributed by atoms with Gasteiger partial charge in [0, 0.05) is 33.2 Å². The lowest BCUT2D eigenvalue weighted by Gasteiger charge is -2.36. The van der Waals surface area contributed by atoms with E-state index in [0.717, 1.165) is 18.4 Å². The van der Waals surface area contributed by atoms with Gasteiger partial charge in [-0.15, -0.1) is 18.3 Å². The number of ether oxygens (including phenoxy) is 3. The number of esters is 1. The average Bonchev–Trinajstić information content (AvgIpc) is 3.95. The van der Waals surface area contributed by atoms with Crippen LogP contribution in [-0.2, 0) is 40.1 Å². The standard InChI is InChI=1S/C41H52N6O8/c1-4-6-20-33(49)42-30(26-53-3)36(28-16-10-9-11-17-28)54-40(52)34-32-21-22-41(55-32)35(34)38(50)46(24-14-7-8-15-25-48)37(41)39(51)45(23-5-2)27-47-31-19-13-12-18-29(31)43-44-47/h4-5,9-13,16-19,30,32,34-37,48H,1-2,6-8,14-15,20-27H2,3H3,(H,42,49)/t30-,32+,34-,35-,36-,37+,41-/m0/s1. The Morgan fingerprint density at radius 3 is 2.60 bits per heavy atom. The van der Waals surface area contributed by atoms with Crippen LogP contribution in [0.15, 0.2) is 79.9 Å². The van der Waals surface area contributed by atoms with Crippen LogP contribution in [0, 0.1) is 11.8 Å². The number of nitrogens with one attached hydrogen (secondary N) is 1. The Labute approximate surface area is 321 Å². The predicted octanol–water partition coefficient (Wildman–Crippen LogP) is 3.71. The Morgan fingerprint density at radius 2 is 1.85 bits per heavy atom. The van der Waals surface area contributed by atoms with E-state index < -0.39 is 47.7 Å². The molecule has 4 heterocycles. The number of amides is 3. The fraction of sp³-hybridized carbons (Fsp3) is 0.512. The molecule has 3 fully saturated rings. The van der Waals surface area contributed by atoms with Gasteiger partial charge in [0.2, 0.25) is 17.7 Å². The van der Waals surface area contributed by atoms with Crippen LogP contribution in [-0.4, -0.2) is 111 Å². The average molecular weight is 757 g/mol. The normalized spacial score (nSPS) is 23.7. The molecule has 2 aromatic carbocycles. The molecule has 0 saturated carbocycles. The van der Waals surface area contributed by atoms with Gasteiger partial charge in [-0.3, -0.25) is 19.2 Å². The van der Waals surface area contributed by atoms with Crippen molar-refractivity contribution in [2.45, 2.75) is 87.9 Å². The summed E-state index contributed by atoms with van der Waals surface area (Å²) < 4.78 is 20.2. The molecule has 0 radical (unpaired) electrons. The van der Waals surface area contributed by atoms with Crippen molar-refractivity contribution >= 4 is 34.7 Å². The molecule has 0 aliphatic carbocycles. The predicted molar refractivity (Wildman–Crippen MR) is 203 cm³/mol. The van der Waals surface area contributed by atoms with Crippen LogP contribution in [0.1, 0.15) is 63.0 Å². The van der Waals surface area contributed by atoms with Crippen LogP contribution in [0.4, 0.5) is 0 Å². The molecule has 55 heavy (non-hydrogen) atoms. The summed E-state index contributed by atoms with van der Waals surface area (Å²) in [4.78, 5) is 60.3. The monoisotopic (exact) mass is 756 g/mol. The van der Waals surface area contributed by atoms with E-state index in [9.17, 15) is 24.3 Å². The molecule has 3 aliphatic rings. The van der Waals surface area contributed by atoms with E-state index in [0.29, 0.717) is 43.2 Å². The molecular formula is C41H52N6O8. The zero-order valence-electron chi connectivity index (χ0n) is 31.5. The second-order valence-electron chi connectivity index (χ2n) is 14.5. The minimum absolute atomic E-state index is 0.0599. The van der Waals surface area contributed by atoms with Gasteiger partial charge in [0.15, 0.2) is 0 Å². The number of aliphatic hydroxyl groups is 1. The smallest absolute Gasteiger partial charge is 0.313 e. The molecule has 14 heteroatoms. The minimum atomic E-state index is -1.26. The Balaban J connectivity index is 1.31. The second-order valence-corrected chi connectivity index (χ2v) is 14.5. The zero-order chi connectivity index (χ0) is 39.0. The number of para-hydroxylation sites is 1. The van der Waals surface area contributed by atoms with Gasteiger partial charge in [-0.05, 0) is 49.8 Å². The lowest BCUT2D eigenvalue weighted by Crippen LogP contribution is -2.56. The van der Waals surface area contributed by atoms with Crippen LogP contribution in [0.3, 0.4) is 0 Å². The van der Waals surface area contributed by atoms with E-state index in [4.69, 9.17) is 14.2 Å². The van der Waals surface area contributed by atoms with Gasteiger partial charge in [0.1, 0.15) is 29.9 Å². The number of nitrogens with zero attached hydrogens (tertiary/aromatic N) is 5. The number of hydrogen-bond donors (Lipinski definition) is 2. The van der Waals surface area contributed by atoms with Gasteiger partial charge >= 0.3 is 5.97 Å². The first-order chi connectivity index (χ1) is 26.8. The van der Waals surface area contributed by atoms with Gasteiger partial charge in [0.05, 0.1) is 36.1 Å². The summed E-state index contributed by atoms with van der Waals surface area (Å²) in [6, 6.07) is 14.8. The van der Waals surface area contributed by atoms with Crippen molar-refractivity contribution in [3.8, 4) is 0 Å². The fourth-order valence-electron chi connectivity index (χ4n) is 8.54. The van der Waals surface area contributed by atoms with Crippen LogP contribution in [0.25, 0.3) is 11.0 Å². The second kappa shape index (κ2) is 18.1. The maximum Gasteiger partial charge on any atom is 0.313 e. The molecule has 3 aliphatic heterocycles. The Bertz CT molecular complexity index is 1830. The largest absolute Gasteiger partial charge is 0.455 e. The number of rotatable bonds is 21. The third kappa shape index (κ3) is 8.21. The molecule has 3 saturated heterocycles. The van der Waals surface area contributed by atoms with Gasteiger partial charge in [-0.25, -0.2) is 4.68 Å². The molecule has 2 N–H and O–H groups in total. The number of benzene rings is 2. The van der Waals surface area contributed by atoms with Crippen molar-refractivity contribution in [3.05, 3.63) is 85.5 Å². The highest BCUT2D eigenvalue weighted by atomic mass is 16.6. The number of carbonyl (C=O) groups excluding carboxylic acids is 4.